The number of ether oxygens (including phenoxy) is 2. The number of benzene rings is 1. The van der Waals surface area contributed by atoms with E-state index in [9.17, 15) is 9.00 Å². The molecule has 2 aromatic rings. The number of nitrogens with zero attached hydrogens (tertiary/aromatic N) is 2. The third kappa shape index (κ3) is 5.38. The van der Waals surface area contributed by atoms with Crippen LogP contribution in [0.25, 0.3) is 11.3 Å². The molecule has 3 aliphatic rings. The minimum absolute atomic E-state index is 0. The van der Waals surface area contributed by atoms with Crippen molar-refractivity contribution in [2.24, 2.45) is 5.92 Å². The highest BCUT2D eigenvalue weighted by molar-refractivity contribution is 7.83. The molecule has 1 aromatic carbocycles. The number of piperidine rings is 1. The van der Waals surface area contributed by atoms with Gasteiger partial charge in [0.2, 0.25) is 0 Å². The number of aromatic nitrogens is 1. The zero-order valence-corrected chi connectivity index (χ0v) is 19.8. The second-order valence-corrected chi connectivity index (χ2v) is 10.6. The van der Waals surface area contributed by atoms with Crippen LogP contribution in [0.1, 0.15) is 43.2 Å². The van der Waals surface area contributed by atoms with Crippen LogP contribution in [-0.4, -0.2) is 57.2 Å². The van der Waals surface area contributed by atoms with Crippen LogP contribution in [0, 0.1) is 5.92 Å². The molecule has 8 heteroatoms. The molecular weight excluding hydrogens is 440 g/mol. The van der Waals surface area contributed by atoms with Gasteiger partial charge in [-0.05, 0) is 49.7 Å². The minimum atomic E-state index is -0.841. The molecule has 2 aliphatic heterocycles. The van der Waals surface area contributed by atoms with Gasteiger partial charge in [-0.15, -0.1) is 0 Å². The van der Waals surface area contributed by atoms with Gasteiger partial charge in [-0.1, -0.05) is 24.3 Å². The summed E-state index contributed by atoms with van der Waals surface area (Å²) in [5.74, 6) is 1.89. The van der Waals surface area contributed by atoms with E-state index in [1.165, 1.54) is 12.0 Å². The lowest BCUT2D eigenvalue weighted by Gasteiger charge is -2.35. The Labute approximate surface area is 197 Å². The summed E-state index contributed by atoms with van der Waals surface area (Å²) in [6.07, 6.45) is 9.66. The molecule has 33 heavy (non-hydrogen) atoms. The average molecular weight is 473 g/mol. The molecule has 7 nitrogen and oxygen atoms in total. The maximum atomic E-state index is 12.3. The lowest BCUT2D eigenvalue weighted by Crippen LogP contribution is -2.44. The van der Waals surface area contributed by atoms with Crippen LogP contribution in [-0.2, 0) is 27.7 Å². The Balaban J connectivity index is 0.00000259. The first-order valence-corrected chi connectivity index (χ1v) is 13.3. The number of likely N-dealkylation sites (tertiary alicyclic amines) is 1. The van der Waals surface area contributed by atoms with Crippen LogP contribution in [0.2, 0.25) is 0 Å². The number of carbonyl (C=O) groups excluding carboxylic acids is 1. The predicted molar refractivity (Wildman–Crippen MR) is 128 cm³/mol. The van der Waals surface area contributed by atoms with Gasteiger partial charge in [0.15, 0.2) is 0 Å². The summed E-state index contributed by atoms with van der Waals surface area (Å²) in [7, 11) is -0.841. The lowest BCUT2D eigenvalue weighted by atomic mass is 9.89. The molecule has 0 radical (unpaired) electrons. The van der Waals surface area contributed by atoms with E-state index < -0.39 is 10.8 Å². The second kappa shape index (κ2) is 10.2. The van der Waals surface area contributed by atoms with Crippen molar-refractivity contribution >= 4 is 16.9 Å². The van der Waals surface area contributed by atoms with Crippen molar-refractivity contribution in [3.8, 4) is 17.0 Å². The smallest absolute Gasteiger partial charge is 0.410 e. The van der Waals surface area contributed by atoms with E-state index in [2.05, 4.69) is 11.1 Å². The zero-order valence-electron chi connectivity index (χ0n) is 19.0. The molecule has 1 aromatic heterocycles. The number of fused-ring (bicyclic) bond motifs is 1. The van der Waals surface area contributed by atoms with Crippen LogP contribution in [0.5, 0.6) is 5.75 Å². The number of pyridine rings is 1. The third-order valence-electron chi connectivity index (χ3n) is 6.91. The second-order valence-electron chi connectivity index (χ2n) is 9.21. The molecule has 2 fully saturated rings. The fourth-order valence-corrected chi connectivity index (χ4v) is 5.42. The zero-order chi connectivity index (χ0) is 22.1. The quantitative estimate of drug-likeness (QED) is 0.663. The van der Waals surface area contributed by atoms with E-state index in [-0.39, 0.29) is 23.8 Å². The van der Waals surface area contributed by atoms with Crippen LogP contribution in [0.15, 0.2) is 36.5 Å². The maximum Gasteiger partial charge on any atom is 0.410 e. The van der Waals surface area contributed by atoms with Crippen LogP contribution < -0.4 is 4.74 Å². The monoisotopic (exact) mass is 472 g/mol. The van der Waals surface area contributed by atoms with Gasteiger partial charge >= 0.3 is 6.09 Å². The molecule has 0 bridgehead atoms. The van der Waals surface area contributed by atoms with Gasteiger partial charge in [0, 0.05) is 53.4 Å². The Morgan fingerprint density at radius 1 is 1.18 bits per heavy atom. The number of amides is 1. The highest BCUT2D eigenvalue weighted by Crippen LogP contribution is 2.36. The van der Waals surface area contributed by atoms with Crippen molar-refractivity contribution in [1.82, 2.24) is 9.88 Å². The summed E-state index contributed by atoms with van der Waals surface area (Å²) in [5.41, 5.74) is 4.26. The van der Waals surface area contributed by atoms with E-state index in [4.69, 9.17) is 9.47 Å². The van der Waals surface area contributed by atoms with E-state index in [1.807, 2.05) is 35.4 Å². The molecule has 2 unspecified atom stereocenters. The van der Waals surface area contributed by atoms with Crippen LogP contribution in [0.3, 0.4) is 0 Å². The fraction of sp³-hybridized carbons (Fsp3) is 0.520. The Morgan fingerprint density at radius 2 is 1.91 bits per heavy atom. The normalized spacial score (nSPS) is 21.4. The molecule has 178 valence electrons. The molecule has 0 spiro atoms. The van der Waals surface area contributed by atoms with Crippen molar-refractivity contribution < 1.29 is 24.0 Å². The highest BCUT2D eigenvalue weighted by atomic mass is 32.2. The summed E-state index contributed by atoms with van der Waals surface area (Å²) in [5, 5.41) is 0. The summed E-state index contributed by atoms with van der Waals surface area (Å²) < 4.78 is 23.2. The largest absolute Gasteiger partial charge is 0.488 e. The topological polar surface area (TPSA) is 100 Å². The van der Waals surface area contributed by atoms with Crippen molar-refractivity contribution in [2.75, 3.05) is 19.3 Å². The first-order valence-electron chi connectivity index (χ1n) is 11.6. The van der Waals surface area contributed by atoms with Crippen LogP contribution in [0.4, 0.5) is 4.79 Å². The molecule has 5 rings (SSSR count). The number of carbonyl (C=O) groups is 1. The van der Waals surface area contributed by atoms with Crippen molar-refractivity contribution in [1.29, 1.82) is 0 Å². The molecule has 3 heterocycles. The standard InChI is InChI=1S/C25H30N2O4S.H2O/c1-32(29)16-17-5-7-18(8-6-17)22-13-20-14-23(31-24(20)15-26-22)19-9-11-27(12-10-19)25(28)30-21-3-2-4-21;/h5-8,13,15,19,21,23H,2-4,9-12,14,16H2,1H3;1H2. The predicted octanol–water partition coefficient (Wildman–Crippen LogP) is 3.51. The van der Waals surface area contributed by atoms with Gasteiger partial charge in [-0.2, -0.15) is 0 Å². The molecule has 1 saturated heterocycles. The van der Waals surface area contributed by atoms with E-state index in [0.29, 0.717) is 11.7 Å². The number of rotatable bonds is 5. The average Bonchev–Trinajstić information content (AvgIpc) is 3.20. The van der Waals surface area contributed by atoms with Crippen molar-refractivity contribution in [2.45, 2.75) is 56.5 Å². The van der Waals surface area contributed by atoms with Gasteiger partial charge in [0.05, 0.1) is 11.9 Å². The van der Waals surface area contributed by atoms with E-state index in [1.54, 1.807) is 6.26 Å². The van der Waals surface area contributed by atoms with Crippen LogP contribution >= 0.6 is 0 Å². The SMILES string of the molecule is CS(=O)Cc1ccc(-c2cc3c(cn2)OC(C2CCN(C(=O)OC4CCC4)CC2)C3)cc1.O. The first kappa shape index (κ1) is 23.7. The van der Waals surface area contributed by atoms with Gasteiger partial charge < -0.3 is 19.8 Å². The molecule has 2 N–H and O–H groups in total. The third-order valence-corrected chi connectivity index (χ3v) is 7.65. The number of hydrogen-bond acceptors (Lipinski definition) is 5. The summed E-state index contributed by atoms with van der Waals surface area (Å²) in [4.78, 5) is 18.8. The summed E-state index contributed by atoms with van der Waals surface area (Å²) >= 11 is 0. The lowest BCUT2D eigenvalue weighted by molar-refractivity contribution is 0.0146. The first-order chi connectivity index (χ1) is 15.5. The van der Waals surface area contributed by atoms with Gasteiger partial charge in [0.25, 0.3) is 0 Å². The van der Waals surface area contributed by atoms with E-state index in [0.717, 1.165) is 67.8 Å². The van der Waals surface area contributed by atoms with Crippen molar-refractivity contribution in [3.63, 3.8) is 0 Å². The molecule has 1 aliphatic carbocycles. The van der Waals surface area contributed by atoms with E-state index >= 15 is 0 Å². The Kier molecular flexibility index (Phi) is 7.34. The van der Waals surface area contributed by atoms with Crippen molar-refractivity contribution in [3.05, 3.63) is 47.7 Å². The van der Waals surface area contributed by atoms with Gasteiger partial charge in [-0.3, -0.25) is 9.19 Å². The molecule has 2 atom stereocenters. The Bertz CT molecular complexity index is 1000. The molecular formula is C25H32N2O5S. The summed E-state index contributed by atoms with van der Waals surface area (Å²) in [6.45, 7) is 1.48. The number of hydrogen-bond donors (Lipinski definition) is 0. The minimum Gasteiger partial charge on any atom is -0.488 e. The molecule has 1 saturated carbocycles. The van der Waals surface area contributed by atoms with Gasteiger partial charge in [-0.25, -0.2) is 4.79 Å². The Morgan fingerprint density at radius 3 is 2.55 bits per heavy atom. The maximum absolute atomic E-state index is 12.3. The van der Waals surface area contributed by atoms with Gasteiger partial charge in [0.1, 0.15) is 18.0 Å². The Hall–Kier alpha value is -2.45. The molecule has 1 amide bonds. The summed E-state index contributed by atoms with van der Waals surface area (Å²) in [6, 6.07) is 10.3. The fourth-order valence-electron chi connectivity index (χ4n) is 4.76. The highest BCUT2D eigenvalue weighted by Gasteiger charge is 2.35.